The second-order valence-electron chi connectivity index (χ2n) is 8.14. The Morgan fingerprint density at radius 3 is 2.81 bits per heavy atom. The normalized spacial score (nSPS) is 19.5. The fourth-order valence-electron chi connectivity index (χ4n) is 3.51. The van der Waals surface area contributed by atoms with Gasteiger partial charge in [0.1, 0.15) is 23.0 Å². The van der Waals surface area contributed by atoms with Gasteiger partial charge < -0.3 is 29.5 Å². The molecular formula is C21H28BrN5O5. The highest BCUT2D eigenvalue weighted by atomic mass is 79.9. The van der Waals surface area contributed by atoms with E-state index < -0.39 is 6.10 Å². The third-order valence-corrected chi connectivity index (χ3v) is 5.99. The van der Waals surface area contributed by atoms with Crippen molar-refractivity contribution < 1.29 is 24.0 Å². The number of aliphatic hydroxyl groups is 1. The molecule has 32 heavy (non-hydrogen) atoms. The van der Waals surface area contributed by atoms with Gasteiger partial charge in [-0.1, -0.05) is 12.1 Å². The fourth-order valence-corrected chi connectivity index (χ4v) is 3.84. The number of aliphatic hydroxyl groups excluding tert-OH is 1. The van der Waals surface area contributed by atoms with Crippen molar-refractivity contribution in [3.8, 4) is 5.88 Å². The van der Waals surface area contributed by atoms with Crippen LogP contribution in [-0.4, -0.2) is 75.9 Å². The van der Waals surface area contributed by atoms with Crippen molar-refractivity contribution in [2.24, 2.45) is 5.92 Å². The fraction of sp³-hybridized carbons (Fsp3) is 0.524. The van der Waals surface area contributed by atoms with Crippen molar-refractivity contribution in [2.45, 2.75) is 39.8 Å². The molecule has 11 heteroatoms. The van der Waals surface area contributed by atoms with E-state index in [0.717, 1.165) is 0 Å². The number of likely N-dealkylation sites (N-methyl/N-ethyl adjacent to an activating group) is 1. The van der Waals surface area contributed by atoms with Crippen LogP contribution in [0.25, 0.3) is 0 Å². The van der Waals surface area contributed by atoms with Gasteiger partial charge in [0.15, 0.2) is 5.76 Å². The zero-order chi connectivity index (χ0) is 23.6. The third kappa shape index (κ3) is 5.04. The first-order valence-corrected chi connectivity index (χ1v) is 11.1. The molecule has 0 saturated heterocycles. The van der Waals surface area contributed by atoms with E-state index in [1.165, 1.54) is 4.90 Å². The Hall–Kier alpha value is -2.66. The number of urea groups is 1. The van der Waals surface area contributed by atoms with Gasteiger partial charge in [-0.15, -0.1) is 0 Å². The Bertz CT molecular complexity index is 977. The summed E-state index contributed by atoms with van der Waals surface area (Å²) < 4.78 is 11.9. The van der Waals surface area contributed by atoms with Crippen molar-refractivity contribution >= 4 is 33.6 Å². The number of hydrogen-bond acceptors (Lipinski definition) is 7. The molecule has 0 unspecified atom stereocenters. The Balaban J connectivity index is 1.84. The minimum absolute atomic E-state index is 0.138. The molecule has 0 aliphatic carbocycles. The van der Waals surface area contributed by atoms with Crippen molar-refractivity contribution in [2.75, 3.05) is 32.1 Å². The average molecular weight is 510 g/mol. The Morgan fingerprint density at radius 1 is 1.47 bits per heavy atom. The van der Waals surface area contributed by atoms with E-state index in [2.05, 4.69) is 31.4 Å². The number of hydrogen-bond donors (Lipinski definition) is 2. The van der Waals surface area contributed by atoms with Crippen LogP contribution in [0.1, 0.15) is 35.7 Å². The van der Waals surface area contributed by atoms with E-state index in [1.54, 1.807) is 45.0 Å². The number of aryl methyl sites for hydroxylation is 2. The van der Waals surface area contributed by atoms with E-state index in [0.29, 0.717) is 33.7 Å². The van der Waals surface area contributed by atoms with Crippen molar-refractivity contribution in [1.29, 1.82) is 0 Å². The van der Waals surface area contributed by atoms with Crippen LogP contribution >= 0.6 is 15.9 Å². The largest absolute Gasteiger partial charge is 0.472 e. The summed E-state index contributed by atoms with van der Waals surface area (Å²) in [6.45, 7) is 7.65. The maximum atomic E-state index is 13.2. The van der Waals surface area contributed by atoms with Crippen LogP contribution < -0.4 is 10.1 Å². The van der Waals surface area contributed by atoms with Crippen LogP contribution in [0.5, 0.6) is 5.88 Å². The molecule has 0 saturated carbocycles. The second-order valence-corrected chi connectivity index (χ2v) is 9.05. The number of carbonyl (C=O) groups is 2. The Kier molecular flexibility index (Phi) is 7.40. The predicted molar refractivity (Wildman–Crippen MR) is 121 cm³/mol. The lowest BCUT2D eigenvalue weighted by Gasteiger charge is -2.37. The maximum absolute atomic E-state index is 13.2. The summed E-state index contributed by atoms with van der Waals surface area (Å²) in [5, 5.41) is 16.3. The molecule has 0 spiro atoms. The van der Waals surface area contributed by atoms with E-state index in [-0.39, 0.29) is 42.9 Å². The molecule has 1 aliphatic rings. The van der Waals surface area contributed by atoms with Gasteiger partial charge in [-0.05, 0) is 42.8 Å². The number of nitrogens with one attached hydrogen (secondary N) is 1. The molecule has 2 N–H and O–H groups in total. The summed E-state index contributed by atoms with van der Waals surface area (Å²) in [5.74, 6) is 0.325. The van der Waals surface area contributed by atoms with Gasteiger partial charge in [0.25, 0.3) is 5.91 Å². The average Bonchev–Trinajstić information content (AvgIpc) is 3.08. The molecule has 0 radical (unpaired) electrons. The first-order valence-electron chi connectivity index (χ1n) is 10.3. The number of pyridine rings is 1. The van der Waals surface area contributed by atoms with E-state index in [1.807, 2.05) is 6.92 Å². The molecule has 3 amide bonds. The summed E-state index contributed by atoms with van der Waals surface area (Å²) in [4.78, 5) is 33.4. The van der Waals surface area contributed by atoms with Crippen molar-refractivity contribution in [3.63, 3.8) is 0 Å². The highest BCUT2D eigenvalue weighted by Crippen LogP contribution is 2.28. The topological polar surface area (TPSA) is 121 Å². The van der Waals surface area contributed by atoms with Crippen molar-refractivity contribution in [3.05, 3.63) is 33.8 Å². The minimum Gasteiger partial charge on any atom is -0.472 e. The molecule has 0 fully saturated rings. The van der Waals surface area contributed by atoms with Crippen LogP contribution in [0.3, 0.4) is 0 Å². The highest BCUT2D eigenvalue weighted by molar-refractivity contribution is 9.10. The van der Waals surface area contributed by atoms with E-state index >= 15 is 0 Å². The van der Waals surface area contributed by atoms with Gasteiger partial charge in [0.2, 0.25) is 5.88 Å². The molecule has 3 atom stereocenters. The molecule has 174 valence electrons. The van der Waals surface area contributed by atoms with Gasteiger partial charge >= 0.3 is 6.03 Å². The van der Waals surface area contributed by atoms with Gasteiger partial charge in [0.05, 0.1) is 19.2 Å². The predicted octanol–water partition coefficient (Wildman–Crippen LogP) is 2.83. The lowest BCUT2D eigenvalue weighted by Crippen LogP contribution is -2.50. The summed E-state index contributed by atoms with van der Waals surface area (Å²) in [6, 6.07) is 0.942. The van der Waals surface area contributed by atoms with Crippen molar-refractivity contribution in [1.82, 2.24) is 19.9 Å². The lowest BCUT2D eigenvalue weighted by molar-refractivity contribution is 0.0356. The quantitative estimate of drug-likeness (QED) is 0.635. The number of rotatable bonds is 5. The molecule has 2 aromatic heterocycles. The molecule has 3 heterocycles. The van der Waals surface area contributed by atoms with E-state index in [9.17, 15) is 14.7 Å². The number of halogens is 1. The van der Waals surface area contributed by atoms with Gasteiger partial charge in [0, 0.05) is 30.2 Å². The molecule has 1 aliphatic heterocycles. The van der Waals surface area contributed by atoms with Crippen LogP contribution in [0, 0.1) is 19.8 Å². The molecule has 2 aromatic rings. The number of nitrogens with zero attached hydrogens (tertiary/aromatic N) is 4. The summed E-state index contributed by atoms with van der Waals surface area (Å²) in [5.41, 5.74) is 1.44. The van der Waals surface area contributed by atoms with Gasteiger partial charge in [-0.3, -0.25) is 4.79 Å². The molecule has 10 nitrogen and oxygen atoms in total. The van der Waals surface area contributed by atoms with E-state index in [4.69, 9.17) is 9.26 Å². The Labute approximate surface area is 195 Å². The minimum atomic E-state index is -0.440. The molecule has 0 aromatic carbocycles. The number of amides is 3. The van der Waals surface area contributed by atoms with Crippen LogP contribution in [0.2, 0.25) is 0 Å². The number of ether oxygens (including phenoxy) is 1. The maximum Gasteiger partial charge on any atom is 0.321 e. The number of fused-ring (bicyclic) bond motifs is 1. The zero-order valence-electron chi connectivity index (χ0n) is 18.8. The third-order valence-electron chi connectivity index (χ3n) is 5.55. The molecule has 0 bridgehead atoms. The van der Waals surface area contributed by atoms with Gasteiger partial charge in [-0.2, -0.15) is 0 Å². The van der Waals surface area contributed by atoms with Crippen LogP contribution in [0.4, 0.5) is 10.5 Å². The molecule has 3 rings (SSSR count). The zero-order valence-corrected chi connectivity index (χ0v) is 20.3. The van der Waals surface area contributed by atoms with Crippen LogP contribution in [-0.2, 0) is 0 Å². The molecular weight excluding hydrogens is 482 g/mol. The smallest absolute Gasteiger partial charge is 0.321 e. The number of anilines is 1. The monoisotopic (exact) mass is 509 g/mol. The SMILES string of the molecule is Cc1noc(C)c1NC(=O)N(C)C[C@@H]1Oc2ncc(Br)cc2C(=O)N([C@H](C)CO)C[C@@H]1C. The number of carbonyl (C=O) groups excluding carboxylic acids is 2. The summed E-state index contributed by atoms with van der Waals surface area (Å²) in [7, 11) is 1.66. The summed E-state index contributed by atoms with van der Waals surface area (Å²) >= 11 is 3.35. The first kappa shape index (κ1) is 24.0. The number of aromatic nitrogens is 2. The Morgan fingerprint density at radius 2 is 2.19 bits per heavy atom. The standard InChI is InChI=1S/C21H28BrN5O5/c1-11-8-27(12(2)10-28)20(29)16-6-15(22)7-23-19(16)31-17(11)9-26(5)21(30)24-18-13(3)25-32-14(18)4/h6-7,11-12,17,28H,8-10H2,1-5H3,(H,24,30)/t11-,12+,17-/m0/s1. The van der Waals surface area contributed by atoms with Gasteiger partial charge in [-0.25, -0.2) is 9.78 Å². The lowest BCUT2D eigenvalue weighted by atomic mass is 10.0. The summed E-state index contributed by atoms with van der Waals surface area (Å²) in [6.07, 6.45) is 1.12. The van der Waals surface area contributed by atoms with Crippen LogP contribution in [0.15, 0.2) is 21.3 Å². The first-order chi connectivity index (χ1) is 15.1. The highest BCUT2D eigenvalue weighted by Gasteiger charge is 2.34. The second kappa shape index (κ2) is 9.86.